The molecule has 8 heteroatoms. The van der Waals surface area contributed by atoms with Crippen LogP contribution in [0.5, 0.6) is 17.2 Å². The van der Waals surface area contributed by atoms with Gasteiger partial charge in [-0.1, -0.05) is 13.0 Å². The summed E-state index contributed by atoms with van der Waals surface area (Å²) in [4.78, 5) is 27.7. The zero-order chi connectivity index (χ0) is 22.9. The van der Waals surface area contributed by atoms with Crippen LogP contribution in [-0.2, 0) is 9.59 Å². The number of furan rings is 1. The standard InChI is InChI=1S/C25H21NO7/c1-2-10-30-17-6-3-5-16(13-17)26-22(19-7-4-11-31-19)21(24(28)25(26)29)23(27)15-8-9-18-20(12-15)33-14-32-18/h3-9,11-13,22,27H,2,10,14H2,1H3/b23-21-. The molecule has 3 aromatic rings. The van der Waals surface area contributed by atoms with Gasteiger partial charge in [-0.3, -0.25) is 14.5 Å². The quantitative estimate of drug-likeness (QED) is 0.339. The van der Waals surface area contributed by atoms with Crippen LogP contribution in [0.2, 0.25) is 0 Å². The maximum absolute atomic E-state index is 13.2. The minimum absolute atomic E-state index is 0.0753. The molecule has 0 saturated carbocycles. The van der Waals surface area contributed by atoms with Crippen molar-refractivity contribution in [3.63, 3.8) is 0 Å². The normalized spacial score (nSPS) is 18.7. The van der Waals surface area contributed by atoms with E-state index < -0.39 is 17.7 Å². The summed E-state index contributed by atoms with van der Waals surface area (Å²) in [5.41, 5.74) is 0.708. The van der Waals surface area contributed by atoms with E-state index in [4.69, 9.17) is 18.6 Å². The zero-order valence-corrected chi connectivity index (χ0v) is 17.8. The summed E-state index contributed by atoms with van der Waals surface area (Å²) in [5, 5.41) is 11.2. The number of ether oxygens (including phenoxy) is 3. The monoisotopic (exact) mass is 447 g/mol. The second-order valence-electron chi connectivity index (χ2n) is 7.60. The van der Waals surface area contributed by atoms with Crippen LogP contribution in [0.4, 0.5) is 5.69 Å². The predicted octanol–water partition coefficient (Wildman–Crippen LogP) is 4.42. The number of nitrogens with zero attached hydrogens (tertiary/aromatic N) is 1. The first-order valence-corrected chi connectivity index (χ1v) is 10.6. The van der Waals surface area contributed by atoms with E-state index >= 15 is 0 Å². The second kappa shape index (κ2) is 8.38. The molecule has 1 unspecified atom stereocenters. The van der Waals surface area contributed by atoms with Crippen molar-refractivity contribution in [1.29, 1.82) is 0 Å². The Morgan fingerprint density at radius 2 is 1.94 bits per heavy atom. The van der Waals surface area contributed by atoms with Gasteiger partial charge in [0.15, 0.2) is 11.5 Å². The van der Waals surface area contributed by atoms with Crippen LogP contribution in [0.25, 0.3) is 5.76 Å². The molecule has 5 rings (SSSR count). The molecule has 1 atom stereocenters. The van der Waals surface area contributed by atoms with E-state index in [1.54, 1.807) is 54.6 Å². The molecule has 2 aliphatic heterocycles. The Kier molecular flexibility index (Phi) is 5.26. The summed E-state index contributed by atoms with van der Waals surface area (Å²) < 4.78 is 22.0. The number of benzene rings is 2. The van der Waals surface area contributed by atoms with Crippen LogP contribution in [0.3, 0.4) is 0 Å². The molecule has 0 spiro atoms. The van der Waals surface area contributed by atoms with E-state index in [1.807, 2.05) is 6.92 Å². The average Bonchev–Trinajstić information content (AvgIpc) is 3.57. The first kappa shape index (κ1) is 20.7. The summed E-state index contributed by atoms with van der Waals surface area (Å²) in [6.07, 6.45) is 2.29. The van der Waals surface area contributed by atoms with Crippen LogP contribution in [0, 0.1) is 0 Å². The number of carbonyl (C=O) groups is 2. The average molecular weight is 447 g/mol. The molecule has 8 nitrogen and oxygen atoms in total. The summed E-state index contributed by atoms with van der Waals surface area (Å²) in [7, 11) is 0. The largest absolute Gasteiger partial charge is 0.507 e. The fourth-order valence-electron chi connectivity index (χ4n) is 3.96. The fourth-order valence-corrected chi connectivity index (χ4v) is 3.96. The van der Waals surface area contributed by atoms with Gasteiger partial charge in [0.05, 0.1) is 18.4 Å². The Balaban J connectivity index is 1.63. The van der Waals surface area contributed by atoms with E-state index in [1.165, 1.54) is 11.2 Å². The first-order chi connectivity index (χ1) is 16.1. The Hall–Kier alpha value is -4.20. The van der Waals surface area contributed by atoms with Crippen molar-refractivity contribution in [3.8, 4) is 17.2 Å². The second-order valence-corrected chi connectivity index (χ2v) is 7.60. The molecule has 168 valence electrons. The van der Waals surface area contributed by atoms with Crippen molar-refractivity contribution in [2.45, 2.75) is 19.4 Å². The van der Waals surface area contributed by atoms with Gasteiger partial charge >= 0.3 is 0 Å². The third kappa shape index (κ3) is 3.59. The smallest absolute Gasteiger partial charge is 0.300 e. The van der Waals surface area contributed by atoms with Crippen LogP contribution < -0.4 is 19.1 Å². The van der Waals surface area contributed by atoms with Crippen molar-refractivity contribution in [2.24, 2.45) is 0 Å². The molecule has 0 radical (unpaired) electrons. The van der Waals surface area contributed by atoms with Crippen LogP contribution in [0.15, 0.2) is 70.9 Å². The third-order valence-electron chi connectivity index (χ3n) is 5.47. The molecule has 1 aromatic heterocycles. The Bertz CT molecular complexity index is 1250. The zero-order valence-electron chi connectivity index (χ0n) is 17.8. The number of hydrogen-bond acceptors (Lipinski definition) is 7. The Morgan fingerprint density at radius 3 is 2.73 bits per heavy atom. The lowest BCUT2D eigenvalue weighted by molar-refractivity contribution is -0.132. The summed E-state index contributed by atoms with van der Waals surface area (Å²) in [6.45, 7) is 2.59. The van der Waals surface area contributed by atoms with E-state index in [0.717, 1.165) is 6.42 Å². The SMILES string of the molecule is CCCOc1cccc(N2C(=O)C(=O)/C(=C(\O)c3ccc4c(c3)OCO4)C2c2ccco2)c1. The van der Waals surface area contributed by atoms with Gasteiger partial charge < -0.3 is 23.7 Å². The van der Waals surface area contributed by atoms with Gasteiger partial charge in [0.2, 0.25) is 6.79 Å². The maximum atomic E-state index is 13.2. The van der Waals surface area contributed by atoms with Crippen molar-refractivity contribution in [1.82, 2.24) is 0 Å². The lowest BCUT2D eigenvalue weighted by atomic mass is 9.99. The van der Waals surface area contributed by atoms with Crippen LogP contribution in [-0.4, -0.2) is 30.2 Å². The highest BCUT2D eigenvalue weighted by Gasteiger charge is 2.48. The Labute approximate surface area is 189 Å². The van der Waals surface area contributed by atoms with Crippen molar-refractivity contribution in [2.75, 3.05) is 18.3 Å². The molecule has 2 aromatic carbocycles. The summed E-state index contributed by atoms with van der Waals surface area (Å²) in [5.74, 6) is -0.00427. The number of amides is 1. The number of rotatable bonds is 6. The molecule has 1 fully saturated rings. The number of aliphatic hydroxyl groups is 1. The molecule has 1 saturated heterocycles. The van der Waals surface area contributed by atoms with E-state index in [-0.39, 0.29) is 18.1 Å². The molecule has 2 aliphatic rings. The summed E-state index contributed by atoms with van der Waals surface area (Å²) >= 11 is 0. The maximum Gasteiger partial charge on any atom is 0.300 e. The van der Waals surface area contributed by atoms with Gasteiger partial charge in [0, 0.05) is 17.3 Å². The molecule has 33 heavy (non-hydrogen) atoms. The van der Waals surface area contributed by atoms with E-state index in [0.29, 0.717) is 40.9 Å². The third-order valence-corrected chi connectivity index (χ3v) is 5.47. The lowest BCUT2D eigenvalue weighted by Gasteiger charge is -2.23. The molecule has 1 N–H and O–H groups in total. The van der Waals surface area contributed by atoms with Crippen molar-refractivity contribution >= 4 is 23.1 Å². The molecular formula is C25H21NO7. The van der Waals surface area contributed by atoms with Gasteiger partial charge in [-0.15, -0.1) is 0 Å². The number of fused-ring (bicyclic) bond motifs is 1. The van der Waals surface area contributed by atoms with Crippen LogP contribution in [0.1, 0.15) is 30.7 Å². The fraction of sp³-hybridized carbons (Fsp3) is 0.200. The Morgan fingerprint density at radius 1 is 1.09 bits per heavy atom. The number of Topliss-reactive ketones (excluding diaryl/α,β-unsaturated/α-hetero) is 1. The highest BCUT2D eigenvalue weighted by Crippen LogP contribution is 2.44. The van der Waals surface area contributed by atoms with Gasteiger partial charge in [0.25, 0.3) is 11.7 Å². The van der Waals surface area contributed by atoms with E-state index in [2.05, 4.69) is 0 Å². The summed E-state index contributed by atoms with van der Waals surface area (Å²) in [6, 6.07) is 14.1. The first-order valence-electron chi connectivity index (χ1n) is 10.6. The van der Waals surface area contributed by atoms with E-state index in [9.17, 15) is 14.7 Å². The topological polar surface area (TPSA) is 98.4 Å². The molecular weight excluding hydrogens is 426 g/mol. The number of aliphatic hydroxyl groups excluding tert-OH is 1. The number of ketones is 1. The molecule has 3 heterocycles. The molecule has 1 amide bonds. The molecule has 0 bridgehead atoms. The number of carbonyl (C=O) groups excluding carboxylic acids is 2. The highest BCUT2D eigenvalue weighted by atomic mass is 16.7. The number of anilines is 1. The van der Waals surface area contributed by atoms with Crippen LogP contribution >= 0.6 is 0 Å². The number of hydrogen-bond donors (Lipinski definition) is 1. The molecule has 0 aliphatic carbocycles. The van der Waals surface area contributed by atoms with Gasteiger partial charge in [-0.2, -0.15) is 0 Å². The van der Waals surface area contributed by atoms with Gasteiger partial charge in [-0.05, 0) is 48.9 Å². The van der Waals surface area contributed by atoms with Crippen molar-refractivity contribution in [3.05, 3.63) is 77.8 Å². The van der Waals surface area contributed by atoms with Gasteiger partial charge in [-0.25, -0.2) is 0 Å². The van der Waals surface area contributed by atoms with Crippen molar-refractivity contribution < 1.29 is 33.3 Å². The van der Waals surface area contributed by atoms with Gasteiger partial charge in [0.1, 0.15) is 23.3 Å². The minimum atomic E-state index is -0.952. The lowest BCUT2D eigenvalue weighted by Crippen LogP contribution is -2.29. The predicted molar refractivity (Wildman–Crippen MR) is 118 cm³/mol. The highest BCUT2D eigenvalue weighted by molar-refractivity contribution is 6.51. The minimum Gasteiger partial charge on any atom is -0.507 e.